The van der Waals surface area contributed by atoms with Crippen LogP contribution in [0.2, 0.25) is 0 Å². The van der Waals surface area contributed by atoms with Crippen LogP contribution in [-0.2, 0) is 9.53 Å². The first-order chi connectivity index (χ1) is 8.50. The topological polar surface area (TPSA) is 41.6 Å². The Bertz CT molecular complexity index is 298. The molecular formula is C14H26N2O2. The van der Waals surface area contributed by atoms with Crippen molar-refractivity contribution in [1.29, 1.82) is 0 Å². The van der Waals surface area contributed by atoms with E-state index in [9.17, 15) is 4.79 Å². The molecule has 0 aromatic rings. The number of carbonyl (C=O) groups excluding carboxylic acids is 1. The van der Waals surface area contributed by atoms with Crippen molar-refractivity contribution < 1.29 is 9.53 Å². The highest BCUT2D eigenvalue weighted by Crippen LogP contribution is 2.33. The van der Waals surface area contributed by atoms with E-state index in [1.54, 1.807) is 0 Å². The number of nitrogens with one attached hydrogen (secondary N) is 1. The van der Waals surface area contributed by atoms with Crippen molar-refractivity contribution in [1.82, 2.24) is 10.2 Å². The zero-order chi connectivity index (χ0) is 13.2. The maximum atomic E-state index is 12.2. The van der Waals surface area contributed by atoms with Crippen molar-refractivity contribution in [2.24, 2.45) is 5.92 Å². The summed E-state index contributed by atoms with van der Waals surface area (Å²) in [4.78, 5) is 14.2. The lowest BCUT2D eigenvalue weighted by Gasteiger charge is -2.41. The van der Waals surface area contributed by atoms with Gasteiger partial charge in [-0.1, -0.05) is 0 Å². The third-order valence-corrected chi connectivity index (χ3v) is 3.98. The third-order valence-electron chi connectivity index (χ3n) is 3.98. The highest BCUT2D eigenvalue weighted by molar-refractivity contribution is 5.76. The quantitative estimate of drug-likeness (QED) is 0.824. The number of rotatable bonds is 4. The van der Waals surface area contributed by atoms with Crippen molar-refractivity contribution >= 4 is 5.91 Å². The second-order valence-electron chi connectivity index (χ2n) is 6.24. The largest absolute Gasteiger partial charge is 0.378 e. The molecule has 0 aromatic heterocycles. The van der Waals surface area contributed by atoms with Crippen molar-refractivity contribution in [2.75, 3.05) is 26.2 Å². The summed E-state index contributed by atoms with van der Waals surface area (Å²) in [6.45, 7) is 9.71. The number of hydrogen-bond donors (Lipinski definition) is 1. The van der Waals surface area contributed by atoms with Gasteiger partial charge in [0.1, 0.15) is 0 Å². The maximum absolute atomic E-state index is 12.2. The van der Waals surface area contributed by atoms with Crippen LogP contribution in [0.25, 0.3) is 0 Å². The van der Waals surface area contributed by atoms with Crippen molar-refractivity contribution in [3.63, 3.8) is 0 Å². The van der Waals surface area contributed by atoms with Crippen LogP contribution in [0.5, 0.6) is 0 Å². The number of hydrogen-bond acceptors (Lipinski definition) is 3. The van der Waals surface area contributed by atoms with Gasteiger partial charge in [-0.05, 0) is 39.5 Å². The number of piperazine rings is 1. The molecule has 4 nitrogen and oxygen atoms in total. The molecule has 2 aliphatic rings. The van der Waals surface area contributed by atoms with Crippen molar-refractivity contribution in [3.05, 3.63) is 0 Å². The Labute approximate surface area is 110 Å². The van der Waals surface area contributed by atoms with Gasteiger partial charge in [-0.2, -0.15) is 0 Å². The molecule has 1 saturated carbocycles. The second kappa shape index (κ2) is 5.57. The maximum Gasteiger partial charge on any atom is 0.222 e. The Morgan fingerprint density at radius 1 is 1.44 bits per heavy atom. The Hall–Kier alpha value is -0.610. The molecule has 1 N–H and O–H groups in total. The average Bonchev–Trinajstić information content (AvgIpc) is 2.24. The van der Waals surface area contributed by atoms with E-state index in [2.05, 4.69) is 19.2 Å². The lowest BCUT2D eigenvalue weighted by Crippen LogP contribution is -2.58. The molecule has 1 aliphatic heterocycles. The van der Waals surface area contributed by atoms with Gasteiger partial charge < -0.3 is 15.0 Å². The molecule has 1 aliphatic carbocycles. The fourth-order valence-electron chi connectivity index (χ4n) is 2.94. The summed E-state index contributed by atoms with van der Waals surface area (Å²) < 4.78 is 5.53. The smallest absolute Gasteiger partial charge is 0.222 e. The van der Waals surface area contributed by atoms with Gasteiger partial charge in [-0.15, -0.1) is 0 Å². The molecular weight excluding hydrogens is 228 g/mol. The summed E-state index contributed by atoms with van der Waals surface area (Å²) in [5.74, 6) is 0.872. The molecule has 2 rings (SSSR count). The van der Waals surface area contributed by atoms with E-state index in [4.69, 9.17) is 4.74 Å². The Morgan fingerprint density at radius 3 is 2.78 bits per heavy atom. The Morgan fingerprint density at radius 2 is 2.17 bits per heavy atom. The van der Waals surface area contributed by atoms with Crippen LogP contribution in [0.15, 0.2) is 0 Å². The van der Waals surface area contributed by atoms with Crippen molar-refractivity contribution in [2.45, 2.75) is 51.7 Å². The molecule has 18 heavy (non-hydrogen) atoms. The van der Waals surface area contributed by atoms with Crippen LogP contribution in [0, 0.1) is 5.92 Å². The summed E-state index contributed by atoms with van der Waals surface area (Å²) in [7, 11) is 0. The summed E-state index contributed by atoms with van der Waals surface area (Å²) in [6.07, 6.45) is 3.25. The van der Waals surface area contributed by atoms with Crippen LogP contribution in [0.1, 0.15) is 40.0 Å². The Kier molecular flexibility index (Phi) is 4.28. The molecule has 0 spiro atoms. The van der Waals surface area contributed by atoms with Crippen LogP contribution >= 0.6 is 0 Å². The van der Waals surface area contributed by atoms with Gasteiger partial charge in [0.2, 0.25) is 5.91 Å². The van der Waals surface area contributed by atoms with Gasteiger partial charge in [0, 0.05) is 38.2 Å². The zero-order valence-electron chi connectivity index (χ0n) is 11.9. The molecule has 4 heteroatoms. The van der Waals surface area contributed by atoms with Crippen LogP contribution in [-0.4, -0.2) is 48.7 Å². The summed E-state index contributed by atoms with van der Waals surface area (Å²) in [5, 5.41) is 3.43. The standard InChI is InChI=1S/C14H26N2O2/c1-4-18-12-7-11(8-12)9-13(17)16-6-5-15-14(2,3)10-16/h11-12,15H,4-10H2,1-3H3. The highest BCUT2D eigenvalue weighted by atomic mass is 16.5. The fraction of sp³-hybridized carbons (Fsp3) is 0.929. The van der Waals surface area contributed by atoms with Gasteiger partial charge in [-0.25, -0.2) is 0 Å². The van der Waals surface area contributed by atoms with E-state index in [1.807, 2.05) is 11.8 Å². The number of amides is 1. The molecule has 0 unspecified atom stereocenters. The van der Waals surface area contributed by atoms with E-state index >= 15 is 0 Å². The average molecular weight is 254 g/mol. The van der Waals surface area contributed by atoms with Crippen LogP contribution in [0.3, 0.4) is 0 Å². The molecule has 1 heterocycles. The first-order valence-electron chi connectivity index (χ1n) is 7.14. The molecule has 1 saturated heterocycles. The van der Waals surface area contributed by atoms with E-state index < -0.39 is 0 Å². The first kappa shape index (κ1) is 13.8. The van der Waals surface area contributed by atoms with Crippen LogP contribution < -0.4 is 5.32 Å². The molecule has 104 valence electrons. The highest BCUT2D eigenvalue weighted by Gasteiger charge is 2.34. The predicted molar refractivity (Wildman–Crippen MR) is 71.4 cm³/mol. The zero-order valence-corrected chi connectivity index (χ0v) is 11.9. The van der Waals surface area contributed by atoms with E-state index in [1.165, 1.54) is 0 Å². The molecule has 0 aromatic carbocycles. The Balaban J connectivity index is 1.72. The number of nitrogens with zero attached hydrogens (tertiary/aromatic N) is 1. The third kappa shape index (κ3) is 3.45. The van der Waals surface area contributed by atoms with Crippen LogP contribution in [0.4, 0.5) is 0 Å². The lowest BCUT2D eigenvalue weighted by atomic mass is 9.79. The van der Waals surface area contributed by atoms with E-state index in [-0.39, 0.29) is 5.54 Å². The lowest BCUT2D eigenvalue weighted by molar-refractivity contribution is -0.136. The van der Waals surface area contributed by atoms with Crippen molar-refractivity contribution in [3.8, 4) is 0 Å². The van der Waals surface area contributed by atoms with Gasteiger partial charge in [0.05, 0.1) is 6.10 Å². The first-order valence-corrected chi connectivity index (χ1v) is 7.14. The summed E-state index contributed by atoms with van der Waals surface area (Å²) in [5.41, 5.74) is 0.0569. The monoisotopic (exact) mass is 254 g/mol. The van der Waals surface area contributed by atoms with Gasteiger partial charge in [0.25, 0.3) is 0 Å². The molecule has 2 fully saturated rings. The molecule has 1 amide bonds. The second-order valence-corrected chi connectivity index (χ2v) is 6.24. The minimum Gasteiger partial charge on any atom is -0.378 e. The van der Waals surface area contributed by atoms with Gasteiger partial charge >= 0.3 is 0 Å². The SMILES string of the molecule is CCOC1CC(CC(=O)N2CCNC(C)(C)C2)C1. The fourth-order valence-corrected chi connectivity index (χ4v) is 2.94. The molecule has 0 radical (unpaired) electrons. The summed E-state index contributed by atoms with van der Waals surface area (Å²) >= 11 is 0. The minimum absolute atomic E-state index is 0.0569. The van der Waals surface area contributed by atoms with E-state index in [0.29, 0.717) is 24.3 Å². The predicted octanol–water partition coefficient (Wildman–Crippen LogP) is 1.40. The van der Waals surface area contributed by atoms with E-state index in [0.717, 1.165) is 39.1 Å². The van der Waals surface area contributed by atoms with Gasteiger partial charge in [-0.3, -0.25) is 4.79 Å². The van der Waals surface area contributed by atoms with Gasteiger partial charge in [0.15, 0.2) is 0 Å². The normalized spacial score (nSPS) is 30.9. The number of carbonyl (C=O) groups is 1. The minimum atomic E-state index is 0.0569. The number of ether oxygens (including phenoxy) is 1. The molecule has 0 bridgehead atoms. The molecule has 0 atom stereocenters. The summed E-state index contributed by atoms with van der Waals surface area (Å²) in [6, 6.07) is 0.